The molecule has 0 spiro atoms. The lowest BCUT2D eigenvalue weighted by molar-refractivity contribution is -0.142. The van der Waals surface area contributed by atoms with Crippen molar-refractivity contribution < 1.29 is 9.90 Å². The van der Waals surface area contributed by atoms with Gasteiger partial charge in [-0.2, -0.15) is 11.8 Å². The summed E-state index contributed by atoms with van der Waals surface area (Å²) in [6.07, 6.45) is 2.29. The largest absolute Gasteiger partial charge is 0.478 e. The van der Waals surface area contributed by atoms with Gasteiger partial charge in [0.25, 0.3) is 0 Å². The topological polar surface area (TPSA) is 75.3 Å². The number of carboxylic acids is 1. The average Bonchev–Trinajstić information content (AvgIpc) is 2.27. The zero-order valence-electron chi connectivity index (χ0n) is 9.14. The number of rotatable bonds is 6. The predicted molar refractivity (Wildman–Crippen MR) is 67.6 cm³/mol. The van der Waals surface area contributed by atoms with Gasteiger partial charge in [0.05, 0.1) is 0 Å². The van der Waals surface area contributed by atoms with Crippen LogP contribution in [0, 0.1) is 0 Å². The van der Waals surface area contributed by atoms with Crippen LogP contribution >= 0.6 is 11.8 Å². The van der Waals surface area contributed by atoms with Crippen molar-refractivity contribution in [3.8, 4) is 0 Å². The monoisotopic (exact) mass is 240 g/mol. The molecule has 0 radical (unpaired) electrons. The van der Waals surface area contributed by atoms with E-state index in [-0.39, 0.29) is 0 Å². The highest BCUT2D eigenvalue weighted by molar-refractivity contribution is 7.98. The molecule has 0 aliphatic heterocycles. The van der Waals surface area contributed by atoms with Gasteiger partial charge >= 0.3 is 5.97 Å². The normalized spacial score (nSPS) is 14.1. The van der Waals surface area contributed by atoms with Crippen molar-refractivity contribution in [3.05, 3.63) is 30.3 Å². The molecule has 1 rings (SSSR count). The fourth-order valence-corrected chi connectivity index (χ4v) is 1.79. The zero-order chi connectivity index (χ0) is 12.0. The Kier molecular flexibility index (Phi) is 4.64. The third-order valence-electron chi connectivity index (χ3n) is 2.22. The van der Waals surface area contributed by atoms with Crippen LogP contribution in [0.25, 0.3) is 0 Å². The van der Waals surface area contributed by atoms with Gasteiger partial charge < -0.3 is 10.4 Å². The van der Waals surface area contributed by atoms with Gasteiger partial charge in [-0.1, -0.05) is 18.2 Å². The summed E-state index contributed by atoms with van der Waals surface area (Å²) in [6.45, 7) is 0. The highest BCUT2D eigenvalue weighted by Crippen LogP contribution is 2.16. The maximum absolute atomic E-state index is 11.1. The Bertz CT molecular complexity index is 345. The molecular weight excluding hydrogens is 224 g/mol. The summed E-state index contributed by atoms with van der Waals surface area (Å²) >= 11 is 1.57. The van der Waals surface area contributed by atoms with Gasteiger partial charge in [0.15, 0.2) is 5.66 Å². The fraction of sp³-hybridized carbons (Fsp3) is 0.364. The average molecular weight is 240 g/mol. The lowest BCUT2D eigenvalue weighted by Crippen LogP contribution is -2.55. The molecule has 0 saturated carbocycles. The molecule has 0 bridgehead atoms. The maximum atomic E-state index is 11.1. The first-order valence-corrected chi connectivity index (χ1v) is 6.32. The first kappa shape index (κ1) is 12.9. The molecule has 0 aliphatic carbocycles. The lowest BCUT2D eigenvalue weighted by atomic mass is 10.1. The van der Waals surface area contributed by atoms with E-state index < -0.39 is 11.6 Å². The van der Waals surface area contributed by atoms with Crippen LogP contribution < -0.4 is 11.1 Å². The number of hydrogen-bond donors (Lipinski definition) is 3. The van der Waals surface area contributed by atoms with Crippen molar-refractivity contribution >= 4 is 23.4 Å². The molecule has 4 N–H and O–H groups in total. The van der Waals surface area contributed by atoms with Crippen LogP contribution in [0.1, 0.15) is 6.42 Å². The van der Waals surface area contributed by atoms with Gasteiger partial charge in [0.2, 0.25) is 0 Å². The van der Waals surface area contributed by atoms with Crippen LogP contribution in [0.5, 0.6) is 0 Å². The number of anilines is 1. The number of carboxylic acid groups (broad SMARTS) is 1. The van der Waals surface area contributed by atoms with Gasteiger partial charge in [-0.25, -0.2) is 4.79 Å². The molecule has 1 aromatic rings. The second-order valence-corrected chi connectivity index (χ2v) is 4.50. The van der Waals surface area contributed by atoms with Crippen molar-refractivity contribution in [1.29, 1.82) is 0 Å². The molecule has 1 atom stereocenters. The highest BCUT2D eigenvalue weighted by atomic mass is 32.2. The van der Waals surface area contributed by atoms with Crippen LogP contribution in [0.3, 0.4) is 0 Å². The first-order chi connectivity index (χ1) is 7.58. The minimum Gasteiger partial charge on any atom is -0.478 e. The van der Waals surface area contributed by atoms with E-state index in [1.165, 1.54) is 0 Å². The molecule has 4 nitrogen and oxygen atoms in total. The quantitative estimate of drug-likeness (QED) is 0.658. The number of nitrogens with two attached hydrogens (primary N) is 1. The molecule has 1 aromatic carbocycles. The Labute approximate surface area is 99.2 Å². The molecule has 0 heterocycles. The van der Waals surface area contributed by atoms with Crippen molar-refractivity contribution in [1.82, 2.24) is 0 Å². The van der Waals surface area contributed by atoms with Gasteiger partial charge in [0, 0.05) is 12.1 Å². The van der Waals surface area contributed by atoms with E-state index in [0.717, 1.165) is 0 Å². The molecule has 0 aromatic heterocycles. The predicted octanol–water partition coefficient (Wildman–Crippen LogP) is 1.59. The van der Waals surface area contributed by atoms with Gasteiger partial charge in [0.1, 0.15) is 0 Å². The van der Waals surface area contributed by atoms with Crippen molar-refractivity contribution in [2.75, 3.05) is 17.3 Å². The maximum Gasteiger partial charge on any atom is 0.344 e. The molecule has 0 amide bonds. The van der Waals surface area contributed by atoms with E-state index in [9.17, 15) is 4.79 Å². The van der Waals surface area contributed by atoms with Crippen LogP contribution in [-0.2, 0) is 4.79 Å². The third kappa shape index (κ3) is 3.43. The van der Waals surface area contributed by atoms with Gasteiger partial charge in [-0.3, -0.25) is 5.73 Å². The summed E-state index contributed by atoms with van der Waals surface area (Å²) in [4.78, 5) is 11.1. The van der Waals surface area contributed by atoms with Crippen molar-refractivity contribution in [2.24, 2.45) is 5.73 Å². The highest BCUT2D eigenvalue weighted by Gasteiger charge is 2.33. The standard InChI is InChI=1S/C11H16N2O2S/c1-16-8-7-11(12,10(14)15)13-9-5-3-2-4-6-9/h2-6,13H,7-8,12H2,1H3,(H,14,15). The third-order valence-corrected chi connectivity index (χ3v) is 2.84. The smallest absolute Gasteiger partial charge is 0.344 e. The SMILES string of the molecule is CSCCC(N)(Nc1ccccc1)C(=O)O. The number of carbonyl (C=O) groups is 1. The minimum atomic E-state index is -1.40. The summed E-state index contributed by atoms with van der Waals surface area (Å²) in [6, 6.07) is 9.12. The molecule has 88 valence electrons. The van der Waals surface area contributed by atoms with Crippen molar-refractivity contribution in [2.45, 2.75) is 12.1 Å². The summed E-state index contributed by atoms with van der Waals surface area (Å²) in [5.74, 6) is -0.340. The number of aliphatic carboxylic acids is 1. The number of benzene rings is 1. The van der Waals surface area contributed by atoms with Crippen LogP contribution in [0.2, 0.25) is 0 Å². The van der Waals surface area contributed by atoms with E-state index in [1.807, 2.05) is 24.5 Å². The fourth-order valence-electron chi connectivity index (χ4n) is 1.26. The summed E-state index contributed by atoms with van der Waals surface area (Å²) in [5, 5.41) is 12.0. The van der Waals surface area contributed by atoms with E-state index in [4.69, 9.17) is 10.8 Å². The Morgan fingerprint density at radius 2 is 2.12 bits per heavy atom. The van der Waals surface area contributed by atoms with Gasteiger partial charge in [-0.05, 0) is 24.1 Å². The van der Waals surface area contributed by atoms with E-state index in [0.29, 0.717) is 17.9 Å². The number of hydrogen-bond acceptors (Lipinski definition) is 4. The molecule has 1 unspecified atom stereocenters. The van der Waals surface area contributed by atoms with E-state index in [1.54, 1.807) is 23.9 Å². The molecule has 16 heavy (non-hydrogen) atoms. The second-order valence-electron chi connectivity index (χ2n) is 3.51. The second kappa shape index (κ2) is 5.77. The van der Waals surface area contributed by atoms with Crippen LogP contribution in [-0.4, -0.2) is 28.7 Å². The van der Waals surface area contributed by atoms with Crippen LogP contribution in [0.15, 0.2) is 30.3 Å². The summed E-state index contributed by atoms with van der Waals surface area (Å²) in [7, 11) is 0. The Hall–Kier alpha value is -1.20. The van der Waals surface area contributed by atoms with E-state index >= 15 is 0 Å². The molecule has 0 saturated heterocycles. The Balaban J connectivity index is 2.75. The zero-order valence-corrected chi connectivity index (χ0v) is 9.96. The number of thioether (sulfide) groups is 1. The summed E-state index contributed by atoms with van der Waals surface area (Å²) < 4.78 is 0. The summed E-state index contributed by atoms with van der Waals surface area (Å²) in [5.41, 5.74) is 5.15. The Morgan fingerprint density at radius 1 is 1.50 bits per heavy atom. The van der Waals surface area contributed by atoms with Gasteiger partial charge in [-0.15, -0.1) is 0 Å². The van der Waals surface area contributed by atoms with Crippen molar-refractivity contribution in [3.63, 3.8) is 0 Å². The molecule has 0 fully saturated rings. The molecule has 0 aliphatic rings. The number of para-hydroxylation sites is 1. The Morgan fingerprint density at radius 3 is 2.62 bits per heavy atom. The molecular formula is C11H16N2O2S. The number of nitrogens with one attached hydrogen (secondary N) is 1. The van der Waals surface area contributed by atoms with Crippen LogP contribution in [0.4, 0.5) is 5.69 Å². The molecule has 5 heteroatoms. The van der Waals surface area contributed by atoms with E-state index in [2.05, 4.69) is 5.32 Å². The first-order valence-electron chi connectivity index (χ1n) is 4.93. The lowest BCUT2D eigenvalue weighted by Gasteiger charge is -2.26. The minimum absolute atomic E-state index is 0.373.